The van der Waals surface area contributed by atoms with Crippen LogP contribution in [0.15, 0.2) is 121 Å². The van der Waals surface area contributed by atoms with E-state index in [1.54, 1.807) is 65.8 Å². The van der Waals surface area contributed by atoms with Gasteiger partial charge >= 0.3 is 47.5 Å². The van der Waals surface area contributed by atoms with Crippen molar-refractivity contribution in [1.29, 1.82) is 0 Å². The topological polar surface area (TPSA) is 462 Å². The van der Waals surface area contributed by atoms with Gasteiger partial charge in [0.05, 0.1) is 33.9 Å². The van der Waals surface area contributed by atoms with Crippen LogP contribution in [0, 0.1) is 40.5 Å². The molecular weight excluding hydrogens is 1180 g/mol. The average molecular weight is 1240 g/mol. The Balaban J connectivity index is -0.000000935. The molecule has 0 heterocycles. The van der Waals surface area contributed by atoms with Crippen LogP contribution in [0.3, 0.4) is 0 Å². The second-order valence-corrected chi connectivity index (χ2v) is 20.5. The molecule has 448 valence electrons. The van der Waals surface area contributed by atoms with Gasteiger partial charge in [-0.25, -0.2) is 9.59 Å². The number of hydrogen-bond acceptors (Lipinski definition) is 22. The molecule has 0 aromatic heterocycles. The van der Waals surface area contributed by atoms with Crippen molar-refractivity contribution in [3.05, 3.63) is 162 Å². The van der Waals surface area contributed by atoms with Crippen molar-refractivity contribution in [2.24, 2.45) is 11.5 Å². The second-order valence-electron chi connectivity index (χ2n) is 18.5. The number of anilines is 1. The fraction of sp³-hybridized carbons (Fsp3) is 0.327. The second kappa shape index (κ2) is 35.2. The van der Waals surface area contributed by atoms with Crippen LogP contribution in [0.5, 0.6) is 28.7 Å². The largest absolute Gasteiger partial charge is 1.00 e. The zero-order chi connectivity index (χ0) is 62.9. The number of benzene rings is 5. The number of carboxylic acid groups (broad SMARTS) is 1. The number of non-ortho nitro benzene ring substituents is 4. The number of nitrogens with zero attached hydrogens (tertiary/aromatic N) is 4. The Morgan fingerprint density at radius 2 is 0.675 bits per heavy atom. The number of methoxy groups -OCH3 is 2. The molecule has 0 spiro atoms. The zero-order valence-electron chi connectivity index (χ0n) is 47.5. The fourth-order valence-electron chi connectivity index (χ4n) is 4.87. The Hall–Kier alpha value is -8.71. The van der Waals surface area contributed by atoms with Crippen molar-refractivity contribution in [2.75, 3.05) is 20.0 Å². The minimum atomic E-state index is -1.36. The quantitative estimate of drug-likeness (QED) is 0.0195. The number of rotatable bonds is 17. The van der Waals surface area contributed by atoms with Gasteiger partial charge in [0, 0.05) is 54.2 Å². The number of phenolic OH excluding ortho intramolecular Hbond substituents is 1. The van der Waals surface area contributed by atoms with E-state index in [0.717, 1.165) is 0 Å². The molecule has 2 amide bonds. The van der Waals surface area contributed by atoms with Crippen LogP contribution in [-0.4, -0.2) is 106 Å². The molecule has 5 rings (SSSR count). The predicted octanol–water partition coefficient (Wildman–Crippen LogP) is 5.37. The van der Waals surface area contributed by atoms with Crippen LogP contribution in [0.1, 0.15) is 69.2 Å². The molecule has 29 nitrogen and oxygen atoms in total. The number of nitrogens with two attached hydrogens (primary N) is 3. The van der Waals surface area contributed by atoms with Gasteiger partial charge in [0.2, 0.25) is 0 Å². The number of alkyl halides is 1. The molecule has 0 aliphatic rings. The Morgan fingerprint density at radius 1 is 0.446 bits per heavy atom. The number of primary amides is 2. The molecule has 0 saturated carbocycles. The van der Waals surface area contributed by atoms with Crippen LogP contribution in [0.4, 0.5) is 28.4 Å². The van der Waals surface area contributed by atoms with E-state index in [-0.39, 0.29) is 75.3 Å². The molecule has 83 heavy (non-hydrogen) atoms. The molecule has 5 aromatic rings. The van der Waals surface area contributed by atoms with E-state index in [2.05, 4.69) is 25.4 Å². The molecular formula is C52H65BrN7NaO22. The van der Waals surface area contributed by atoms with E-state index in [4.69, 9.17) is 46.4 Å². The number of hydrogen-bond donors (Lipinski definition) is 5. The predicted molar refractivity (Wildman–Crippen MR) is 299 cm³/mol. The number of phenols is 1. The van der Waals surface area contributed by atoms with Crippen LogP contribution >= 0.6 is 15.9 Å². The summed E-state index contributed by atoms with van der Waals surface area (Å²) in [6.07, 6.45) is 0. The van der Waals surface area contributed by atoms with Gasteiger partial charge in [0.15, 0.2) is 22.4 Å². The first-order chi connectivity index (χ1) is 37.1. The van der Waals surface area contributed by atoms with Crippen LogP contribution in [0.25, 0.3) is 0 Å². The van der Waals surface area contributed by atoms with Crippen molar-refractivity contribution in [2.45, 2.75) is 96.0 Å². The third-order valence-corrected chi connectivity index (χ3v) is 9.95. The molecule has 0 saturated heterocycles. The molecule has 31 heteroatoms. The summed E-state index contributed by atoms with van der Waals surface area (Å²) in [6, 6.07) is 28.0. The molecule has 0 fully saturated rings. The third kappa shape index (κ3) is 30.1. The van der Waals surface area contributed by atoms with Gasteiger partial charge in [-0.1, -0.05) is 15.9 Å². The van der Waals surface area contributed by atoms with Crippen molar-refractivity contribution in [1.82, 2.24) is 0 Å². The van der Waals surface area contributed by atoms with Crippen molar-refractivity contribution >= 4 is 74.1 Å². The van der Waals surface area contributed by atoms with E-state index in [9.17, 15) is 64.4 Å². The number of carboxylic acids is 1. The van der Waals surface area contributed by atoms with E-state index >= 15 is 0 Å². The van der Waals surface area contributed by atoms with Crippen molar-refractivity contribution in [3.8, 4) is 28.7 Å². The van der Waals surface area contributed by atoms with Gasteiger partial charge in [0.25, 0.3) is 34.6 Å². The molecule has 0 radical (unpaired) electrons. The maximum atomic E-state index is 11.4. The summed E-state index contributed by atoms with van der Waals surface area (Å²) in [5.41, 5.74) is 11.6. The van der Waals surface area contributed by atoms with Crippen molar-refractivity contribution in [3.63, 3.8) is 0 Å². The minimum Gasteiger partial charge on any atom is -0.870 e. The van der Waals surface area contributed by atoms with Gasteiger partial charge < -0.3 is 61.3 Å². The SMILES string of the molecule is CC(C)(Oc1ccc(N)cc1)C(N)=O.CC(C)(Oc1ccc([N+](=O)[O-])cc1)C(=O)O.CC(C)(Oc1ccc([N+](=O)[O-])cc1)C(N)=O.COC(=O)C(C)(C)Br.COC(=O)C(C)(C)Oc1ccc([N+](=O)[O-])cc1.O=[N+]([O-])c1ccc(O)cc1.[Na+].[OH-]. The molecule has 0 unspecified atom stereocenters. The molecule has 0 aliphatic carbocycles. The first kappa shape index (κ1) is 78.5. The van der Waals surface area contributed by atoms with Gasteiger partial charge in [-0.15, -0.1) is 0 Å². The summed E-state index contributed by atoms with van der Waals surface area (Å²) in [7, 11) is 2.63. The molecule has 5 aromatic carbocycles. The number of aromatic hydroxyl groups is 1. The maximum absolute atomic E-state index is 11.4. The van der Waals surface area contributed by atoms with Crippen molar-refractivity contribution < 1.29 is 117 Å². The monoisotopic (exact) mass is 1240 g/mol. The van der Waals surface area contributed by atoms with E-state index in [1.165, 1.54) is 139 Å². The minimum absolute atomic E-state index is 0. The first-order valence-electron chi connectivity index (χ1n) is 23.1. The smallest absolute Gasteiger partial charge is 0.870 e. The Kier molecular flexibility index (Phi) is 33.3. The summed E-state index contributed by atoms with van der Waals surface area (Å²) in [4.78, 5) is 93.8. The number of aliphatic carboxylic acids is 1. The van der Waals surface area contributed by atoms with E-state index < -0.39 is 70.2 Å². The number of nitro groups is 4. The first-order valence-corrected chi connectivity index (χ1v) is 23.9. The number of carbonyl (C=O) groups excluding carboxylic acids is 4. The zero-order valence-corrected chi connectivity index (χ0v) is 51.1. The van der Waals surface area contributed by atoms with Gasteiger partial charge in [-0.05, 0) is 142 Å². The number of amides is 2. The Bertz CT molecular complexity index is 2840. The number of ether oxygens (including phenoxy) is 6. The summed E-state index contributed by atoms with van der Waals surface area (Å²) in [5.74, 6) is -1.38. The molecule has 0 atom stereocenters. The van der Waals surface area contributed by atoms with Gasteiger partial charge in [-0.2, -0.15) is 0 Å². The third-order valence-electron chi connectivity index (χ3n) is 9.62. The number of halogens is 1. The average Bonchev–Trinajstić information content (AvgIpc) is 3.37. The summed E-state index contributed by atoms with van der Waals surface area (Å²) in [5, 5.41) is 58.8. The maximum Gasteiger partial charge on any atom is 1.00 e. The summed E-state index contributed by atoms with van der Waals surface area (Å²) in [6.45, 7) is 15.7. The number of esters is 2. The molecule has 9 N–H and O–H groups in total. The number of nitro benzene ring substituents is 4. The summed E-state index contributed by atoms with van der Waals surface area (Å²) < 4.78 is 29.7. The van der Waals surface area contributed by atoms with Crippen LogP contribution in [0.2, 0.25) is 0 Å². The van der Waals surface area contributed by atoms with Crippen LogP contribution < -0.4 is 65.7 Å². The standard InChI is InChI=1S/C11H13NO5.C10H12N2O4.C10H14N2O2.C10H11NO5.C6H5NO3.C5H9BrO2.Na.H2O/c1-11(2,10(13)16-3)17-9-6-4-8(5-7-9)12(14)15;1-10(2,9(11)13)16-8-5-3-7(4-6-8)12(14)15;1-10(2,9(12)13)14-8-5-3-7(11)4-6-8;1-10(2,9(12)13)16-8-5-3-7(4-6-8)11(14)15;8-6-3-1-5(2-4-6)7(9)10;1-5(2,6)4(7)8-3;;/h4-7H,1-3H3;3-6H,1-2H3,(H2,11,13);3-6H,11H2,1-2H3,(H2,12,13);3-6H,1-2H3,(H,12,13);1-4,8H;1-3H3;;1H2/q;;;;;;+1;/p-1. The molecule has 0 aliphatic heterocycles. The van der Waals surface area contributed by atoms with Gasteiger partial charge in [-0.3, -0.25) is 54.8 Å². The Morgan fingerprint density at radius 3 is 0.880 bits per heavy atom. The van der Waals surface area contributed by atoms with E-state index in [1.807, 2.05) is 0 Å². The summed E-state index contributed by atoms with van der Waals surface area (Å²) >= 11 is 3.13. The fourth-order valence-corrected chi connectivity index (χ4v) is 5.03. The van der Waals surface area contributed by atoms with E-state index in [0.29, 0.717) is 22.9 Å². The number of carbonyl (C=O) groups is 5. The number of nitrogen functional groups attached to an aromatic ring is 1. The van der Waals surface area contributed by atoms with Gasteiger partial charge in [0.1, 0.15) is 33.1 Å². The normalized spacial score (nSPS) is 10.4. The van der Waals surface area contributed by atoms with Crippen LogP contribution in [-0.2, 0) is 33.4 Å². The molecule has 0 bridgehead atoms. The Labute approximate surface area is 506 Å².